The van der Waals surface area contributed by atoms with Crippen LogP contribution in [0.25, 0.3) is 20.5 Å². The first-order chi connectivity index (χ1) is 11.8. The number of anilines is 2. The molecule has 2 heterocycles. The summed E-state index contributed by atoms with van der Waals surface area (Å²) in [7, 11) is 1.65. The molecular formula is C19H15N3OS. The van der Waals surface area contributed by atoms with Gasteiger partial charge in [0.1, 0.15) is 5.75 Å². The lowest BCUT2D eigenvalue weighted by atomic mass is 10.2. The maximum Gasteiger partial charge on any atom is 0.227 e. The lowest BCUT2D eigenvalue weighted by Gasteiger charge is -2.06. The monoisotopic (exact) mass is 333 g/mol. The Bertz CT molecular complexity index is 929. The topological polar surface area (TPSA) is 47.0 Å². The van der Waals surface area contributed by atoms with Crippen LogP contribution >= 0.6 is 11.3 Å². The first kappa shape index (κ1) is 14.7. The van der Waals surface area contributed by atoms with Crippen molar-refractivity contribution >= 4 is 33.1 Å². The molecule has 0 spiro atoms. The van der Waals surface area contributed by atoms with Gasteiger partial charge in [-0.05, 0) is 41.8 Å². The number of aromatic nitrogens is 2. The molecule has 4 rings (SSSR count). The Kier molecular flexibility index (Phi) is 3.84. The highest BCUT2D eigenvalue weighted by Gasteiger charge is 2.05. The Morgan fingerprint density at radius 3 is 2.42 bits per heavy atom. The van der Waals surface area contributed by atoms with Crippen LogP contribution in [0.15, 0.2) is 67.0 Å². The molecule has 2 aromatic carbocycles. The van der Waals surface area contributed by atoms with Gasteiger partial charge < -0.3 is 10.1 Å². The van der Waals surface area contributed by atoms with Crippen molar-refractivity contribution in [3.8, 4) is 16.2 Å². The van der Waals surface area contributed by atoms with Crippen LogP contribution in [0.5, 0.6) is 5.75 Å². The van der Waals surface area contributed by atoms with Crippen molar-refractivity contribution in [2.75, 3.05) is 12.4 Å². The SMILES string of the molecule is COc1ccc(Nc2ncc(-c3cc4ccccc4s3)cn2)cc1. The van der Waals surface area contributed by atoms with E-state index in [1.165, 1.54) is 15.0 Å². The molecule has 24 heavy (non-hydrogen) atoms. The standard InChI is InChI=1S/C19H15N3OS/c1-23-16-8-6-15(7-9-16)22-19-20-11-14(12-21-19)18-10-13-4-2-3-5-17(13)24-18/h2-12H,1H3,(H,20,21,22). The summed E-state index contributed by atoms with van der Waals surface area (Å²) in [5.74, 6) is 1.40. The zero-order chi connectivity index (χ0) is 16.4. The van der Waals surface area contributed by atoms with E-state index in [1.54, 1.807) is 18.4 Å². The lowest BCUT2D eigenvalue weighted by Crippen LogP contribution is -1.96. The number of benzene rings is 2. The van der Waals surface area contributed by atoms with Crippen LogP contribution < -0.4 is 10.1 Å². The smallest absolute Gasteiger partial charge is 0.227 e. The van der Waals surface area contributed by atoms with E-state index in [4.69, 9.17) is 4.74 Å². The van der Waals surface area contributed by atoms with Crippen molar-refractivity contribution < 1.29 is 4.74 Å². The molecule has 0 aliphatic carbocycles. The Morgan fingerprint density at radius 2 is 1.71 bits per heavy atom. The summed E-state index contributed by atoms with van der Waals surface area (Å²) in [5.41, 5.74) is 1.95. The third-order valence-corrected chi connectivity index (χ3v) is 4.87. The molecule has 0 amide bonds. The van der Waals surface area contributed by atoms with Crippen molar-refractivity contribution in [2.45, 2.75) is 0 Å². The highest BCUT2D eigenvalue weighted by atomic mass is 32.1. The molecule has 0 aliphatic rings. The molecule has 0 saturated carbocycles. The van der Waals surface area contributed by atoms with E-state index in [2.05, 4.69) is 45.6 Å². The van der Waals surface area contributed by atoms with Crippen LogP contribution in [0.4, 0.5) is 11.6 Å². The largest absolute Gasteiger partial charge is 0.497 e. The van der Waals surface area contributed by atoms with E-state index in [0.717, 1.165) is 17.0 Å². The quantitative estimate of drug-likeness (QED) is 0.564. The maximum absolute atomic E-state index is 5.15. The van der Waals surface area contributed by atoms with Crippen LogP contribution in [-0.4, -0.2) is 17.1 Å². The molecule has 2 aromatic heterocycles. The predicted molar refractivity (Wildman–Crippen MR) is 99.1 cm³/mol. The minimum atomic E-state index is 0.574. The van der Waals surface area contributed by atoms with Crippen LogP contribution in [-0.2, 0) is 0 Å². The van der Waals surface area contributed by atoms with Gasteiger partial charge in [-0.2, -0.15) is 0 Å². The fourth-order valence-corrected chi connectivity index (χ4v) is 3.48. The summed E-state index contributed by atoms with van der Waals surface area (Å²) in [4.78, 5) is 10.0. The first-order valence-corrected chi connectivity index (χ1v) is 8.35. The van der Waals surface area contributed by atoms with Gasteiger partial charge in [-0.15, -0.1) is 11.3 Å². The molecule has 0 atom stereocenters. The van der Waals surface area contributed by atoms with Crippen LogP contribution in [0, 0.1) is 0 Å². The molecule has 0 fully saturated rings. The second kappa shape index (κ2) is 6.29. The molecule has 1 N–H and O–H groups in total. The first-order valence-electron chi connectivity index (χ1n) is 7.54. The molecule has 5 heteroatoms. The fraction of sp³-hybridized carbons (Fsp3) is 0.0526. The van der Waals surface area contributed by atoms with Crippen LogP contribution in [0.3, 0.4) is 0 Å². The minimum absolute atomic E-state index is 0.574. The minimum Gasteiger partial charge on any atom is -0.497 e. The summed E-state index contributed by atoms with van der Waals surface area (Å²) in [6, 6.07) is 18.2. The summed E-state index contributed by atoms with van der Waals surface area (Å²) in [6.07, 6.45) is 3.70. The number of methoxy groups -OCH3 is 1. The van der Waals surface area contributed by atoms with Crippen molar-refractivity contribution in [1.82, 2.24) is 9.97 Å². The van der Waals surface area contributed by atoms with E-state index >= 15 is 0 Å². The van der Waals surface area contributed by atoms with Gasteiger partial charge in [-0.3, -0.25) is 0 Å². The van der Waals surface area contributed by atoms with E-state index in [9.17, 15) is 0 Å². The Morgan fingerprint density at radius 1 is 0.958 bits per heavy atom. The van der Waals surface area contributed by atoms with E-state index in [-0.39, 0.29) is 0 Å². The molecular weight excluding hydrogens is 318 g/mol. The van der Waals surface area contributed by atoms with Crippen LogP contribution in [0.2, 0.25) is 0 Å². The second-order valence-electron chi connectivity index (χ2n) is 5.30. The third-order valence-electron chi connectivity index (χ3n) is 3.71. The number of hydrogen-bond donors (Lipinski definition) is 1. The number of rotatable bonds is 4. The van der Waals surface area contributed by atoms with E-state index in [1.807, 2.05) is 36.7 Å². The lowest BCUT2D eigenvalue weighted by molar-refractivity contribution is 0.415. The molecule has 4 nitrogen and oxygen atoms in total. The highest BCUT2D eigenvalue weighted by molar-refractivity contribution is 7.22. The number of nitrogens with one attached hydrogen (secondary N) is 1. The molecule has 0 unspecified atom stereocenters. The number of hydrogen-bond acceptors (Lipinski definition) is 5. The molecule has 4 aromatic rings. The van der Waals surface area contributed by atoms with Gasteiger partial charge in [0.25, 0.3) is 0 Å². The van der Waals surface area contributed by atoms with Crippen molar-refractivity contribution in [1.29, 1.82) is 0 Å². The maximum atomic E-state index is 5.15. The Labute approximate surface area is 143 Å². The molecule has 0 aliphatic heterocycles. The predicted octanol–water partition coefficient (Wildman–Crippen LogP) is 5.11. The number of nitrogens with zero attached hydrogens (tertiary/aromatic N) is 2. The van der Waals surface area contributed by atoms with Gasteiger partial charge in [0.2, 0.25) is 5.95 Å². The number of ether oxygens (including phenoxy) is 1. The van der Waals surface area contributed by atoms with Gasteiger partial charge >= 0.3 is 0 Å². The van der Waals surface area contributed by atoms with Crippen molar-refractivity contribution in [2.24, 2.45) is 0 Å². The molecule has 0 bridgehead atoms. The normalized spacial score (nSPS) is 10.7. The number of thiophene rings is 1. The average Bonchev–Trinajstić information content (AvgIpc) is 3.07. The number of fused-ring (bicyclic) bond motifs is 1. The Hall–Kier alpha value is -2.92. The zero-order valence-corrected chi connectivity index (χ0v) is 13.9. The summed E-state index contributed by atoms with van der Waals surface area (Å²) < 4.78 is 6.42. The van der Waals surface area contributed by atoms with E-state index in [0.29, 0.717) is 5.95 Å². The summed E-state index contributed by atoms with van der Waals surface area (Å²) in [6.45, 7) is 0. The van der Waals surface area contributed by atoms with Crippen LogP contribution in [0.1, 0.15) is 0 Å². The van der Waals surface area contributed by atoms with Gasteiger partial charge in [-0.1, -0.05) is 18.2 Å². The Balaban J connectivity index is 1.55. The average molecular weight is 333 g/mol. The highest BCUT2D eigenvalue weighted by Crippen LogP contribution is 2.32. The molecule has 118 valence electrons. The molecule has 0 radical (unpaired) electrons. The fourth-order valence-electron chi connectivity index (χ4n) is 2.45. The van der Waals surface area contributed by atoms with Crippen molar-refractivity contribution in [3.63, 3.8) is 0 Å². The summed E-state index contributed by atoms with van der Waals surface area (Å²) >= 11 is 1.75. The van der Waals surface area contributed by atoms with Crippen molar-refractivity contribution in [3.05, 3.63) is 67.0 Å². The molecule has 0 saturated heterocycles. The summed E-state index contributed by atoms with van der Waals surface area (Å²) in [5, 5.41) is 4.43. The third kappa shape index (κ3) is 2.94. The zero-order valence-electron chi connectivity index (χ0n) is 13.1. The second-order valence-corrected chi connectivity index (χ2v) is 6.38. The van der Waals surface area contributed by atoms with Gasteiger partial charge in [-0.25, -0.2) is 9.97 Å². The van der Waals surface area contributed by atoms with Gasteiger partial charge in [0.05, 0.1) is 7.11 Å². The van der Waals surface area contributed by atoms with E-state index < -0.39 is 0 Å². The van der Waals surface area contributed by atoms with Gasteiger partial charge in [0, 0.05) is 33.2 Å². The van der Waals surface area contributed by atoms with Gasteiger partial charge in [0.15, 0.2) is 0 Å².